The average Bonchev–Trinajstić information content (AvgIpc) is 2.84. The fraction of sp³-hybridized carbons (Fsp3) is 0.267. The van der Waals surface area contributed by atoms with Crippen molar-refractivity contribution in [2.45, 2.75) is 20.8 Å². The van der Waals surface area contributed by atoms with E-state index in [4.69, 9.17) is 11.6 Å². The van der Waals surface area contributed by atoms with E-state index in [-0.39, 0.29) is 0 Å². The van der Waals surface area contributed by atoms with Gasteiger partial charge in [0.2, 0.25) is 0 Å². The minimum atomic E-state index is 0.618. The van der Waals surface area contributed by atoms with Gasteiger partial charge in [0, 0.05) is 12.6 Å². The van der Waals surface area contributed by atoms with E-state index in [0.717, 1.165) is 16.6 Å². The Balaban J connectivity index is 0.000000704. The second-order valence-electron chi connectivity index (χ2n) is 4.14. The van der Waals surface area contributed by atoms with Gasteiger partial charge in [-0.2, -0.15) is 10.2 Å². The molecule has 104 valence electrons. The van der Waals surface area contributed by atoms with Gasteiger partial charge in [-0.3, -0.25) is 0 Å². The Labute approximate surface area is 123 Å². The SMILES string of the molecule is CC.Cc1nnc2c(c(-c3ccccc3)nn2C)c1Cl. The molecule has 2 aromatic heterocycles. The lowest BCUT2D eigenvalue weighted by Gasteiger charge is -2.00. The molecule has 0 unspecified atom stereocenters. The van der Waals surface area contributed by atoms with E-state index in [1.54, 1.807) is 4.68 Å². The second-order valence-corrected chi connectivity index (χ2v) is 4.51. The Morgan fingerprint density at radius 3 is 2.35 bits per heavy atom. The van der Waals surface area contributed by atoms with E-state index in [0.29, 0.717) is 16.4 Å². The van der Waals surface area contributed by atoms with Gasteiger partial charge >= 0.3 is 0 Å². The van der Waals surface area contributed by atoms with Gasteiger partial charge in [0.1, 0.15) is 5.69 Å². The molecule has 3 aromatic rings. The summed E-state index contributed by atoms with van der Waals surface area (Å²) in [7, 11) is 1.84. The Morgan fingerprint density at radius 1 is 1.05 bits per heavy atom. The van der Waals surface area contributed by atoms with E-state index in [9.17, 15) is 0 Å². The summed E-state index contributed by atoms with van der Waals surface area (Å²) < 4.78 is 1.70. The van der Waals surface area contributed by atoms with Crippen molar-refractivity contribution in [1.29, 1.82) is 0 Å². The standard InChI is InChI=1S/C13H11ClN4.C2H6/c1-8-11(14)10-12(9-6-4-3-5-7-9)17-18(2)13(10)16-15-8;1-2/h3-7H,1-2H3;1-2H3. The number of benzene rings is 1. The molecule has 0 aliphatic heterocycles. The van der Waals surface area contributed by atoms with Crippen molar-refractivity contribution >= 4 is 22.6 Å². The smallest absolute Gasteiger partial charge is 0.182 e. The lowest BCUT2D eigenvalue weighted by molar-refractivity contribution is 0.779. The van der Waals surface area contributed by atoms with Crippen molar-refractivity contribution in [3.05, 3.63) is 41.0 Å². The van der Waals surface area contributed by atoms with Crippen LogP contribution in [0.4, 0.5) is 0 Å². The van der Waals surface area contributed by atoms with Crippen LogP contribution in [-0.2, 0) is 7.05 Å². The first-order valence-corrected chi connectivity index (χ1v) is 6.97. The number of fused-ring (bicyclic) bond motifs is 1. The molecular weight excluding hydrogens is 272 g/mol. The maximum Gasteiger partial charge on any atom is 0.182 e. The van der Waals surface area contributed by atoms with E-state index < -0.39 is 0 Å². The third kappa shape index (κ3) is 2.39. The van der Waals surface area contributed by atoms with Crippen LogP contribution in [0.25, 0.3) is 22.3 Å². The molecule has 1 aromatic carbocycles. The average molecular weight is 289 g/mol. The third-order valence-corrected chi connectivity index (χ3v) is 3.36. The van der Waals surface area contributed by atoms with Crippen molar-refractivity contribution in [3.8, 4) is 11.3 Å². The van der Waals surface area contributed by atoms with Crippen LogP contribution in [-0.4, -0.2) is 20.0 Å². The summed E-state index contributed by atoms with van der Waals surface area (Å²) in [5.41, 5.74) is 3.28. The lowest BCUT2D eigenvalue weighted by atomic mass is 10.1. The Kier molecular flexibility index (Phi) is 4.35. The zero-order valence-corrected chi connectivity index (χ0v) is 12.8. The first-order chi connectivity index (χ1) is 9.68. The highest BCUT2D eigenvalue weighted by molar-refractivity contribution is 6.36. The minimum Gasteiger partial charge on any atom is -0.248 e. The quantitative estimate of drug-likeness (QED) is 0.679. The Bertz CT molecular complexity index is 720. The number of hydrogen-bond acceptors (Lipinski definition) is 3. The van der Waals surface area contributed by atoms with Crippen molar-refractivity contribution in [3.63, 3.8) is 0 Å². The van der Waals surface area contributed by atoms with Crippen LogP contribution in [0.15, 0.2) is 30.3 Å². The molecular formula is C15H17ClN4. The van der Waals surface area contributed by atoms with Gasteiger partial charge in [-0.1, -0.05) is 55.8 Å². The number of nitrogens with zero attached hydrogens (tertiary/aromatic N) is 4. The van der Waals surface area contributed by atoms with E-state index in [1.165, 1.54) is 0 Å². The molecule has 0 amide bonds. The second kappa shape index (κ2) is 6.01. The van der Waals surface area contributed by atoms with Crippen molar-refractivity contribution in [1.82, 2.24) is 20.0 Å². The fourth-order valence-corrected chi connectivity index (χ4v) is 2.19. The van der Waals surface area contributed by atoms with E-state index in [2.05, 4.69) is 15.3 Å². The molecule has 5 heteroatoms. The first-order valence-electron chi connectivity index (χ1n) is 6.59. The molecule has 20 heavy (non-hydrogen) atoms. The summed E-state index contributed by atoms with van der Waals surface area (Å²) in [5.74, 6) is 0. The molecule has 0 aliphatic rings. The molecule has 0 N–H and O–H groups in total. The number of aryl methyl sites for hydroxylation is 2. The van der Waals surface area contributed by atoms with Crippen LogP contribution in [0.1, 0.15) is 19.5 Å². The normalized spacial score (nSPS) is 10.2. The monoisotopic (exact) mass is 288 g/mol. The Morgan fingerprint density at radius 2 is 1.70 bits per heavy atom. The third-order valence-electron chi connectivity index (χ3n) is 2.90. The molecule has 0 radical (unpaired) electrons. The molecule has 0 saturated heterocycles. The van der Waals surface area contributed by atoms with Crippen LogP contribution >= 0.6 is 11.6 Å². The maximum absolute atomic E-state index is 6.34. The summed E-state index contributed by atoms with van der Waals surface area (Å²) in [4.78, 5) is 0. The Hall–Kier alpha value is -1.94. The van der Waals surface area contributed by atoms with Crippen molar-refractivity contribution in [2.24, 2.45) is 7.05 Å². The number of hydrogen-bond donors (Lipinski definition) is 0. The number of halogens is 1. The molecule has 0 fully saturated rings. The van der Waals surface area contributed by atoms with Gasteiger partial charge in [-0.25, -0.2) is 4.68 Å². The van der Waals surface area contributed by atoms with Gasteiger partial charge in [0.05, 0.1) is 16.1 Å². The maximum atomic E-state index is 6.34. The predicted octanol–water partition coefficient (Wildman–Crippen LogP) is 4.02. The van der Waals surface area contributed by atoms with Crippen LogP contribution in [0.2, 0.25) is 5.02 Å². The zero-order valence-electron chi connectivity index (χ0n) is 12.1. The van der Waals surface area contributed by atoms with E-state index >= 15 is 0 Å². The highest BCUT2D eigenvalue weighted by atomic mass is 35.5. The molecule has 0 spiro atoms. The van der Waals surface area contributed by atoms with Gasteiger partial charge in [0.15, 0.2) is 5.65 Å². The molecule has 2 heterocycles. The lowest BCUT2D eigenvalue weighted by Crippen LogP contribution is -1.95. The topological polar surface area (TPSA) is 43.6 Å². The van der Waals surface area contributed by atoms with Crippen LogP contribution in [0.3, 0.4) is 0 Å². The molecule has 0 atom stereocenters. The van der Waals surface area contributed by atoms with Crippen LogP contribution in [0, 0.1) is 6.92 Å². The number of rotatable bonds is 1. The van der Waals surface area contributed by atoms with Crippen LogP contribution < -0.4 is 0 Å². The van der Waals surface area contributed by atoms with Crippen molar-refractivity contribution < 1.29 is 0 Å². The van der Waals surface area contributed by atoms with Gasteiger partial charge in [0.25, 0.3) is 0 Å². The zero-order chi connectivity index (χ0) is 14.7. The van der Waals surface area contributed by atoms with E-state index in [1.807, 2.05) is 58.2 Å². The summed E-state index contributed by atoms with van der Waals surface area (Å²) in [5, 5.41) is 14.2. The highest BCUT2D eigenvalue weighted by Gasteiger charge is 2.16. The number of aromatic nitrogens is 4. The summed E-state index contributed by atoms with van der Waals surface area (Å²) in [6.45, 7) is 5.84. The van der Waals surface area contributed by atoms with Gasteiger partial charge in [-0.15, -0.1) is 5.10 Å². The minimum absolute atomic E-state index is 0.618. The molecule has 3 rings (SSSR count). The van der Waals surface area contributed by atoms with Gasteiger partial charge in [-0.05, 0) is 6.92 Å². The highest BCUT2D eigenvalue weighted by Crippen LogP contribution is 2.32. The molecule has 0 bridgehead atoms. The molecule has 4 nitrogen and oxygen atoms in total. The molecule has 0 aliphatic carbocycles. The predicted molar refractivity (Wildman–Crippen MR) is 82.8 cm³/mol. The van der Waals surface area contributed by atoms with Crippen LogP contribution in [0.5, 0.6) is 0 Å². The first kappa shape index (κ1) is 14.5. The molecule has 0 saturated carbocycles. The van der Waals surface area contributed by atoms with Crippen molar-refractivity contribution in [2.75, 3.05) is 0 Å². The van der Waals surface area contributed by atoms with Gasteiger partial charge < -0.3 is 0 Å². The fourth-order valence-electron chi connectivity index (χ4n) is 1.98. The summed E-state index contributed by atoms with van der Waals surface area (Å²) >= 11 is 6.34. The summed E-state index contributed by atoms with van der Waals surface area (Å²) in [6, 6.07) is 9.94. The summed E-state index contributed by atoms with van der Waals surface area (Å²) in [6.07, 6.45) is 0. The largest absolute Gasteiger partial charge is 0.248 e.